The minimum atomic E-state index is -0.309. The van der Waals surface area contributed by atoms with Crippen LogP contribution in [0.4, 0.5) is 10.6 Å². The van der Waals surface area contributed by atoms with Crippen LogP contribution in [0.1, 0.15) is 18.4 Å². The lowest BCUT2D eigenvalue weighted by molar-refractivity contribution is 0.0533. The number of likely N-dealkylation sites (tertiary alicyclic amines) is 1. The molecule has 7 nitrogen and oxygen atoms in total. The van der Waals surface area contributed by atoms with Crippen LogP contribution in [-0.2, 0) is 11.3 Å². The van der Waals surface area contributed by atoms with Gasteiger partial charge in [-0.2, -0.15) is 0 Å². The summed E-state index contributed by atoms with van der Waals surface area (Å²) in [5.41, 5.74) is 0.974. The number of nitrogens with zero attached hydrogens (tertiary/aromatic N) is 4. The maximum absolute atomic E-state index is 12.3. The third kappa shape index (κ3) is 4.84. The molecular formula is C19H24N4O3. The molecule has 1 aliphatic rings. The van der Waals surface area contributed by atoms with Crippen molar-refractivity contribution in [3.8, 4) is 5.88 Å². The molecule has 1 amide bonds. The van der Waals surface area contributed by atoms with Crippen LogP contribution in [0.15, 0.2) is 42.5 Å². The summed E-state index contributed by atoms with van der Waals surface area (Å²) in [4.78, 5) is 15.9. The van der Waals surface area contributed by atoms with Crippen molar-refractivity contribution >= 4 is 11.9 Å². The molecule has 0 radical (unpaired) electrons. The Kier molecular flexibility index (Phi) is 5.88. The van der Waals surface area contributed by atoms with Gasteiger partial charge < -0.3 is 19.3 Å². The highest BCUT2D eigenvalue weighted by molar-refractivity contribution is 5.67. The monoisotopic (exact) mass is 356 g/mol. The molecule has 2 heterocycles. The Morgan fingerprint density at radius 2 is 2.00 bits per heavy atom. The van der Waals surface area contributed by atoms with Crippen LogP contribution < -0.4 is 9.64 Å². The fourth-order valence-electron chi connectivity index (χ4n) is 2.80. The van der Waals surface area contributed by atoms with Gasteiger partial charge in [-0.25, -0.2) is 4.79 Å². The van der Waals surface area contributed by atoms with Gasteiger partial charge in [0.25, 0.3) is 0 Å². The smallest absolute Gasteiger partial charge is 0.410 e. The third-order valence-electron chi connectivity index (χ3n) is 4.21. The highest BCUT2D eigenvalue weighted by Crippen LogP contribution is 2.18. The number of ether oxygens (including phenoxy) is 2. The van der Waals surface area contributed by atoms with Crippen LogP contribution >= 0.6 is 0 Å². The number of rotatable bonds is 5. The van der Waals surface area contributed by atoms with Crippen molar-refractivity contribution in [1.82, 2.24) is 15.1 Å². The first-order valence-corrected chi connectivity index (χ1v) is 8.75. The second kappa shape index (κ2) is 8.51. The van der Waals surface area contributed by atoms with Crippen molar-refractivity contribution in [2.75, 3.05) is 32.1 Å². The van der Waals surface area contributed by atoms with E-state index in [0.29, 0.717) is 19.0 Å². The van der Waals surface area contributed by atoms with Crippen molar-refractivity contribution in [3.63, 3.8) is 0 Å². The molecule has 7 heteroatoms. The SMILES string of the molecule is CN(C)c1ccc(OC2CCCN(C(=O)OCc3ccccc3)C2)nn1. The molecule has 1 aromatic carbocycles. The molecule has 0 saturated carbocycles. The molecule has 1 unspecified atom stereocenters. The zero-order chi connectivity index (χ0) is 18.4. The van der Waals surface area contributed by atoms with Gasteiger partial charge in [-0.1, -0.05) is 30.3 Å². The first-order valence-electron chi connectivity index (χ1n) is 8.75. The summed E-state index contributed by atoms with van der Waals surface area (Å²) < 4.78 is 11.3. The summed E-state index contributed by atoms with van der Waals surface area (Å²) >= 11 is 0. The largest absolute Gasteiger partial charge is 0.471 e. The summed E-state index contributed by atoms with van der Waals surface area (Å²) in [5, 5.41) is 8.20. The number of benzene rings is 1. The first-order chi connectivity index (χ1) is 12.6. The molecule has 2 aromatic rings. The van der Waals surface area contributed by atoms with Gasteiger partial charge >= 0.3 is 6.09 Å². The molecule has 0 spiro atoms. The van der Waals surface area contributed by atoms with Gasteiger partial charge in [0.2, 0.25) is 5.88 Å². The quantitative estimate of drug-likeness (QED) is 0.821. The van der Waals surface area contributed by atoms with E-state index in [-0.39, 0.29) is 18.8 Å². The third-order valence-corrected chi connectivity index (χ3v) is 4.21. The molecule has 26 heavy (non-hydrogen) atoms. The van der Waals surface area contributed by atoms with Crippen LogP contribution in [0.2, 0.25) is 0 Å². The minimum Gasteiger partial charge on any atom is -0.471 e. The molecule has 0 bridgehead atoms. The molecule has 138 valence electrons. The Hall–Kier alpha value is -2.83. The van der Waals surface area contributed by atoms with Crippen molar-refractivity contribution in [2.45, 2.75) is 25.6 Å². The van der Waals surface area contributed by atoms with Crippen LogP contribution in [0.5, 0.6) is 5.88 Å². The van der Waals surface area contributed by atoms with Crippen molar-refractivity contribution in [3.05, 3.63) is 48.0 Å². The number of aromatic nitrogens is 2. The van der Waals surface area contributed by atoms with Gasteiger partial charge in [-0.3, -0.25) is 0 Å². The van der Waals surface area contributed by atoms with E-state index in [1.807, 2.05) is 55.4 Å². The second-order valence-corrected chi connectivity index (χ2v) is 6.49. The fourth-order valence-corrected chi connectivity index (χ4v) is 2.80. The van der Waals surface area contributed by atoms with E-state index >= 15 is 0 Å². The van der Waals surface area contributed by atoms with Gasteiger partial charge in [-0.15, -0.1) is 10.2 Å². The minimum absolute atomic E-state index is 0.104. The lowest BCUT2D eigenvalue weighted by atomic mass is 10.1. The second-order valence-electron chi connectivity index (χ2n) is 6.49. The fraction of sp³-hybridized carbons (Fsp3) is 0.421. The Bertz CT molecular complexity index is 706. The van der Waals surface area contributed by atoms with Gasteiger partial charge in [0, 0.05) is 26.7 Å². The molecular weight excluding hydrogens is 332 g/mol. The Morgan fingerprint density at radius 3 is 2.69 bits per heavy atom. The maximum atomic E-state index is 12.3. The number of amides is 1. The van der Waals surface area contributed by atoms with Gasteiger partial charge in [0.05, 0.1) is 6.54 Å². The topological polar surface area (TPSA) is 67.8 Å². The van der Waals surface area contributed by atoms with Crippen LogP contribution in [0.25, 0.3) is 0 Å². The average molecular weight is 356 g/mol. The van der Waals surface area contributed by atoms with E-state index in [1.165, 1.54) is 0 Å². The molecule has 1 aliphatic heterocycles. The molecule has 3 rings (SSSR count). The van der Waals surface area contributed by atoms with E-state index in [1.54, 1.807) is 11.0 Å². The molecule has 1 saturated heterocycles. The summed E-state index contributed by atoms with van der Waals surface area (Å²) in [6.45, 7) is 1.45. The van der Waals surface area contributed by atoms with Crippen molar-refractivity contribution in [1.29, 1.82) is 0 Å². The average Bonchev–Trinajstić information content (AvgIpc) is 2.67. The summed E-state index contributed by atoms with van der Waals surface area (Å²) in [6.07, 6.45) is 1.33. The Labute approximate surface area is 153 Å². The molecule has 0 aliphatic carbocycles. The summed E-state index contributed by atoms with van der Waals surface area (Å²) in [5.74, 6) is 1.24. The van der Waals surface area contributed by atoms with E-state index in [0.717, 1.165) is 24.2 Å². The van der Waals surface area contributed by atoms with E-state index in [9.17, 15) is 4.79 Å². The molecule has 1 atom stereocenters. The number of carbonyl (C=O) groups excluding carboxylic acids is 1. The highest BCUT2D eigenvalue weighted by Gasteiger charge is 2.26. The lowest BCUT2D eigenvalue weighted by Gasteiger charge is -2.31. The van der Waals surface area contributed by atoms with Gasteiger partial charge in [0.1, 0.15) is 12.7 Å². The van der Waals surface area contributed by atoms with Gasteiger partial charge in [0.15, 0.2) is 5.82 Å². The zero-order valence-corrected chi connectivity index (χ0v) is 15.2. The molecule has 1 fully saturated rings. The number of carbonyl (C=O) groups is 1. The zero-order valence-electron chi connectivity index (χ0n) is 15.2. The van der Waals surface area contributed by atoms with Crippen LogP contribution in [0, 0.1) is 0 Å². The van der Waals surface area contributed by atoms with Crippen molar-refractivity contribution < 1.29 is 14.3 Å². The van der Waals surface area contributed by atoms with E-state index in [4.69, 9.17) is 9.47 Å². The molecule has 1 aromatic heterocycles. The van der Waals surface area contributed by atoms with E-state index in [2.05, 4.69) is 10.2 Å². The number of hydrogen-bond donors (Lipinski definition) is 0. The number of hydrogen-bond acceptors (Lipinski definition) is 6. The predicted octanol–water partition coefficient (Wildman–Crippen LogP) is 2.72. The Balaban J connectivity index is 1.51. The van der Waals surface area contributed by atoms with Crippen LogP contribution in [0.3, 0.4) is 0 Å². The number of anilines is 1. The van der Waals surface area contributed by atoms with Crippen LogP contribution in [-0.4, -0.2) is 54.5 Å². The summed E-state index contributed by atoms with van der Waals surface area (Å²) in [6, 6.07) is 13.3. The predicted molar refractivity (Wildman–Crippen MR) is 98.2 cm³/mol. The van der Waals surface area contributed by atoms with E-state index < -0.39 is 0 Å². The maximum Gasteiger partial charge on any atom is 0.410 e. The first kappa shape index (κ1) is 18.0. The van der Waals surface area contributed by atoms with Gasteiger partial charge in [-0.05, 0) is 24.5 Å². The molecule has 0 N–H and O–H groups in total. The van der Waals surface area contributed by atoms with Crippen molar-refractivity contribution in [2.24, 2.45) is 0 Å². The highest BCUT2D eigenvalue weighted by atomic mass is 16.6. The Morgan fingerprint density at radius 1 is 1.19 bits per heavy atom. The summed E-state index contributed by atoms with van der Waals surface area (Å²) in [7, 11) is 3.81. The lowest BCUT2D eigenvalue weighted by Crippen LogP contribution is -2.44. The standard InChI is InChI=1S/C19H24N4O3/c1-22(2)17-10-11-18(21-20-17)26-16-9-6-12-23(13-16)19(24)25-14-15-7-4-3-5-8-15/h3-5,7-8,10-11,16H,6,9,12-14H2,1-2H3. The number of piperidine rings is 1. The normalized spacial score (nSPS) is 16.8.